The Hall–Kier alpha value is -0.830. The van der Waals surface area contributed by atoms with Crippen LogP contribution in [-0.4, -0.2) is 25.3 Å². The Labute approximate surface area is 72.4 Å². The molecule has 1 heterocycles. The molecule has 3 nitrogen and oxygen atoms in total. The van der Waals surface area contributed by atoms with E-state index in [9.17, 15) is 4.79 Å². The van der Waals surface area contributed by atoms with Crippen LogP contribution in [0.1, 0.15) is 20.3 Å². The number of hydrogen-bond donors (Lipinski definition) is 0. The molecule has 0 N–H and O–H groups in total. The molecular weight excluding hydrogens is 156 g/mol. The monoisotopic (exact) mass is 170 g/mol. The maximum atomic E-state index is 10.8. The summed E-state index contributed by atoms with van der Waals surface area (Å²) >= 11 is 0. The van der Waals surface area contributed by atoms with Crippen LogP contribution in [0.5, 0.6) is 0 Å². The zero-order valence-corrected chi connectivity index (χ0v) is 7.72. The van der Waals surface area contributed by atoms with E-state index in [-0.39, 0.29) is 11.6 Å². The van der Waals surface area contributed by atoms with E-state index in [1.807, 2.05) is 13.8 Å². The van der Waals surface area contributed by atoms with E-state index in [1.165, 1.54) is 13.2 Å². The van der Waals surface area contributed by atoms with Gasteiger partial charge in [0, 0.05) is 6.08 Å². The van der Waals surface area contributed by atoms with Gasteiger partial charge in [-0.05, 0) is 25.8 Å². The standard InChI is InChI=1S/C9H14O3/c1-9(2)5-7(6-12-9)4-8(10)11-3/h4H,5-6H2,1-3H3. The van der Waals surface area contributed by atoms with Gasteiger partial charge in [-0.3, -0.25) is 0 Å². The van der Waals surface area contributed by atoms with Crippen molar-refractivity contribution >= 4 is 5.97 Å². The van der Waals surface area contributed by atoms with Crippen molar-refractivity contribution in [1.82, 2.24) is 0 Å². The summed E-state index contributed by atoms with van der Waals surface area (Å²) in [5.41, 5.74) is 0.881. The summed E-state index contributed by atoms with van der Waals surface area (Å²) in [5, 5.41) is 0. The Morgan fingerprint density at radius 2 is 2.33 bits per heavy atom. The van der Waals surface area contributed by atoms with Crippen LogP contribution < -0.4 is 0 Å². The van der Waals surface area contributed by atoms with Crippen LogP contribution in [0, 0.1) is 0 Å². The van der Waals surface area contributed by atoms with Gasteiger partial charge in [-0.2, -0.15) is 0 Å². The summed E-state index contributed by atoms with van der Waals surface area (Å²) in [7, 11) is 1.38. The lowest BCUT2D eigenvalue weighted by atomic mass is 10.0. The first kappa shape index (κ1) is 9.26. The van der Waals surface area contributed by atoms with Gasteiger partial charge >= 0.3 is 5.97 Å². The van der Waals surface area contributed by atoms with Crippen LogP contribution in [0.2, 0.25) is 0 Å². The Bertz CT molecular complexity index is 216. The van der Waals surface area contributed by atoms with Crippen LogP contribution >= 0.6 is 0 Å². The van der Waals surface area contributed by atoms with E-state index >= 15 is 0 Å². The van der Waals surface area contributed by atoms with Crippen molar-refractivity contribution in [3.8, 4) is 0 Å². The minimum atomic E-state index is -0.300. The lowest BCUT2D eigenvalue weighted by Gasteiger charge is -2.14. The second kappa shape index (κ2) is 3.27. The molecule has 0 aliphatic carbocycles. The van der Waals surface area contributed by atoms with E-state index in [2.05, 4.69) is 4.74 Å². The van der Waals surface area contributed by atoms with Crippen LogP contribution in [-0.2, 0) is 14.3 Å². The predicted octanol–water partition coefficient (Wildman–Crippen LogP) is 1.28. The van der Waals surface area contributed by atoms with Crippen molar-refractivity contribution in [3.05, 3.63) is 11.6 Å². The highest BCUT2D eigenvalue weighted by Crippen LogP contribution is 2.28. The van der Waals surface area contributed by atoms with Gasteiger partial charge in [0.15, 0.2) is 0 Å². The van der Waals surface area contributed by atoms with Crippen LogP contribution in [0.25, 0.3) is 0 Å². The third kappa shape index (κ3) is 2.34. The quantitative estimate of drug-likeness (QED) is 0.439. The molecule has 0 unspecified atom stereocenters. The summed E-state index contributed by atoms with van der Waals surface area (Å²) in [6, 6.07) is 0. The summed E-state index contributed by atoms with van der Waals surface area (Å²) in [4.78, 5) is 10.8. The number of carbonyl (C=O) groups excluding carboxylic acids is 1. The number of esters is 1. The molecular formula is C9H14O3. The number of ether oxygens (including phenoxy) is 2. The van der Waals surface area contributed by atoms with Gasteiger partial charge in [-0.1, -0.05) is 0 Å². The molecule has 0 spiro atoms. The maximum Gasteiger partial charge on any atom is 0.330 e. The van der Waals surface area contributed by atoms with Crippen molar-refractivity contribution in [1.29, 1.82) is 0 Å². The lowest BCUT2D eigenvalue weighted by molar-refractivity contribution is -0.134. The molecule has 1 rings (SSSR count). The molecule has 68 valence electrons. The highest BCUT2D eigenvalue weighted by atomic mass is 16.5. The van der Waals surface area contributed by atoms with Gasteiger partial charge in [-0.15, -0.1) is 0 Å². The molecule has 1 saturated heterocycles. The number of carbonyl (C=O) groups is 1. The Morgan fingerprint density at radius 1 is 1.67 bits per heavy atom. The van der Waals surface area contributed by atoms with E-state index < -0.39 is 0 Å². The normalized spacial score (nSPS) is 24.4. The molecule has 0 bridgehead atoms. The van der Waals surface area contributed by atoms with E-state index in [4.69, 9.17) is 4.74 Å². The Kier molecular flexibility index (Phi) is 2.52. The largest absolute Gasteiger partial charge is 0.466 e. The zero-order valence-electron chi connectivity index (χ0n) is 7.72. The Morgan fingerprint density at radius 3 is 2.75 bits per heavy atom. The average molecular weight is 170 g/mol. The molecule has 0 amide bonds. The minimum Gasteiger partial charge on any atom is -0.466 e. The van der Waals surface area contributed by atoms with Gasteiger partial charge in [0.25, 0.3) is 0 Å². The molecule has 1 aliphatic rings. The van der Waals surface area contributed by atoms with E-state index in [0.29, 0.717) is 6.61 Å². The fourth-order valence-corrected chi connectivity index (χ4v) is 1.26. The fourth-order valence-electron chi connectivity index (χ4n) is 1.26. The molecule has 0 aromatic heterocycles. The average Bonchev–Trinajstić information content (AvgIpc) is 2.30. The van der Waals surface area contributed by atoms with Crippen LogP contribution in [0.4, 0.5) is 0 Å². The first-order chi connectivity index (χ1) is 5.53. The molecule has 12 heavy (non-hydrogen) atoms. The number of hydrogen-bond acceptors (Lipinski definition) is 3. The van der Waals surface area contributed by atoms with Crippen molar-refractivity contribution in [2.24, 2.45) is 0 Å². The molecule has 1 fully saturated rings. The highest BCUT2D eigenvalue weighted by molar-refractivity contribution is 5.82. The second-order valence-corrected chi connectivity index (χ2v) is 3.55. The van der Waals surface area contributed by atoms with Gasteiger partial charge < -0.3 is 9.47 Å². The Balaban J connectivity index is 2.57. The van der Waals surface area contributed by atoms with Crippen LogP contribution in [0.15, 0.2) is 11.6 Å². The summed E-state index contributed by atoms with van der Waals surface area (Å²) in [6.45, 7) is 4.55. The first-order valence-electron chi connectivity index (χ1n) is 3.95. The zero-order chi connectivity index (χ0) is 9.19. The summed E-state index contributed by atoms with van der Waals surface area (Å²) in [6.07, 6.45) is 2.32. The predicted molar refractivity (Wildman–Crippen MR) is 44.7 cm³/mol. The fraction of sp³-hybridized carbons (Fsp3) is 0.667. The second-order valence-electron chi connectivity index (χ2n) is 3.55. The molecule has 1 aliphatic heterocycles. The number of rotatable bonds is 1. The summed E-state index contributed by atoms with van der Waals surface area (Å²) in [5.74, 6) is -0.300. The molecule has 0 aromatic carbocycles. The minimum absolute atomic E-state index is 0.125. The smallest absolute Gasteiger partial charge is 0.330 e. The van der Waals surface area contributed by atoms with Gasteiger partial charge in [0.1, 0.15) is 0 Å². The van der Waals surface area contributed by atoms with Crippen molar-refractivity contribution in [3.63, 3.8) is 0 Å². The number of methoxy groups -OCH3 is 1. The highest BCUT2D eigenvalue weighted by Gasteiger charge is 2.27. The third-order valence-corrected chi connectivity index (χ3v) is 1.82. The molecule has 0 radical (unpaired) electrons. The maximum absolute atomic E-state index is 10.8. The molecule has 0 atom stereocenters. The van der Waals surface area contributed by atoms with Crippen LogP contribution in [0.3, 0.4) is 0 Å². The molecule has 3 heteroatoms. The van der Waals surface area contributed by atoms with Gasteiger partial charge in [-0.25, -0.2) is 4.79 Å². The van der Waals surface area contributed by atoms with Crippen molar-refractivity contribution in [2.75, 3.05) is 13.7 Å². The van der Waals surface area contributed by atoms with E-state index in [0.717, 1.165) is 12.0 Å². The van der Waals surface area contributed by atoms with Gasteiger partial charge in [0.2, 0.25) is 0 Å². The topological polar surface area (TPSA) is 35.5 Å². The van der Waals surface area contributed by atoms with Crippen molar-refractivity contribution < 1.29 is 14.3 Å². The molecule has 0 saturated carbocycles. The van der Waals surface area contributed by atoms with E-state index in [1.54, 1.807) is 0 Å². The SMILES string of the molecule is COC(=O)C=C1COC(C)(C)C1. The first-order valence-corrected chi connectivity index (χ1v) is 3.95. The van der Waals surface area contributed by atoms with Gasteiger partial charge in [0.05, 0.1) is 19.3 Å². The lowest BCUT2D eigenvalue weighted by Crippen LogP contribution is -2.16. The molecule has 0 aromatic rings. The van der Waals surface area contributed by atoms with Crippen molar-refractivity contribution in [2.45, 2.75) is 25.9 Å². The third-order valence-electron chi connectivity index (χ3n) is 1.82. The summed E-state index contributed by atoms with van der Waals surface area (Å²) < 4.78 is 9.93.